The first-order chi connectivity index (χ1) is 10.2. The van der Waals surface area contributed by atoms with E-state index in [1.807, 2.05) is 0 Å². The van der Waals surface area contributed by atoms with E-state index in [9.17, 15) is 10.1 Å². The topological polar surface area (TPSA) is 99.9 Å². The van der Waals surface area contributed by atoms with E-state index in [1.54, 1.807) is 4.90 Å². The van der Waals surface area contributed by atoms with Gasteiger partial charge in [0.05, 0.1) is 31.8 Å². The molecular weight excluding hydrogens is 280 g/mol. The van der Waals surface area contributed by atoms with Gasteiger partial charge in [-0.1, -0.05) is 0 Å². The maximum Gasteiger partial charge on any atom is 0.372 e. The number of methoxy groups -OCH3 is 1. The van der Waals surface area contributed by atoms with Crippen molar-refractivity contribution in [3.8, 4) is 5.88 Å². The maximum atomic E-state index is 11.3. The van der Waals surface area contributed by atoms with Gasteiger partial charge < -0.3 is 19.1 Å². The van der Waals surface area contributed by atoms with Gasteiger partial charge in [0.2, 0.25) is 5.82 Å². The lowest BCUT2D eigenvalue weighted by Gasteiger charge is -2.38. The standard InChI is InChI=1S/C12H16N4O5/c1-19-11-9(16(17)18)10(13-8-14-11)15-4-2-3-12(7-15)20-5-6-21-12/h8H,2-7H2,1H3. The first-order valence-corrected chi connectivity index (χ1v) is 6.71. The van der Waals surface area contributed by atoms with Crippen LogP contribution in [0.2, 0.25) is 0 Å². The molecule has 9 heteroatoms. The minimum absolute atomic E-state index is 0.0436. The number of rotatable bonds is 3. The zero-order valence-electron chi connectivity index (χ0n) is 11.7. The molecule has 0 aromatic carbocycles. The summed E-state index contributed by atoms with van der Waals surface area (Å²) in [6, 6.07) is 0. The molecule has 0 N–H and O–H groups in total. The quantitative estimate of drug-likeness (QED) is 0.594. The molecule has 2 aliphatic rings. The van der Waals surface area contributed by atoms with E-state index >= 15 is 0 Å². The van der Waals surface area contributed by atoms with Crippen molar-refractivity contribution in [2.75, 3.05) is 38.3 Å². The van der Waals surface area contributed by atoms with Gasteiger partial charge in [0.25, 0.3) is 5.88 Å². The number of anilines is 1. The van der Waals surface area contributed by atoms with Crippen LogP contribution in [-0.4, -0.2) is 54.1 Å². The Morgan fingerprint density at radius 2 is 2.19 bits per heavy atom. The first kappa shape index (κ1) is 14.0. The van der Waals surface area contributed by atoms with Crippen molar-refractivity contribution < 1.29 is 19.1 Å². The third-order valence-corrected chi connectivity index (χ3v) is 3.68. The van der Waals surface area contributed by atoms with Crippen molar-refractivity contribution >= 4 is 11.5 Å². The summed E-state index contributed by atoms with van der Waals surface area (Å²) < 4.78 is 16.3. The molecule has 21 heavy (non-hydrogen) atoms. The number of ether oxygens (including phenoxy) is 3. The van der Waals surface area contributed by atoms with Gasteiger partial charge in [0.15, 0.2) is 5.79 Å². The second kappa shape index (κ2) is 5.41. The molecule has 1 aromatic rings. The zero-order valence-corrected chi connectivity index (χ0v) is 11.7. The number of hydrogen-bond acceptors (Lipinski definition) is 8. The molecule has 0 amide bonds. The minimum Gasteiger partial charge on any atom is -0.476 e. The number of nitrogens with zero attached hydrogens (tertiary/aromatic N) is 4. The summed E-state index contributed by atoms with van der Waals surface area (Å²) in [4.78, 5) is 20.5. The second-order valence-electron chi connectivity index (χ2n) is 4.94. The molecule has 114 valence electrons. The molecule has 0 radical (unpaired) electrons. The molecule has 3 rings (SSSR count). The molecule has 0 atom stereocenters. The lowest BCUT2D eigenvalue weighted by Crippen LogP contribution is -2.49. The highest BCUT2D eigenvalue weighted by Crippen LogP contribution is 2.38. The van der Waals surface area contributed by atoms with Crippen LogP contribution in [0.5, 0.6) is 5.88 Å². The molecule has 0 bridgehead atoms. The molecule has 2 fully saturated rings. The van der Waals surface area contributed by atoms with Gasteiger partial charge in [-0.05, 0) is 6.42 Å². The van der Waals surface area contributed by atoms with E-state index in [4.69, 9.17) is 14.2 Å². The fraction of sp³-hybridized carbons (Fsp3) is 0.667. The zero-order chi connectivity index (χ0) is 14.9. The fourth-order valence-electron chi connectivity index (χ4n) is 2.80. The predicted octanol–water partition coefficient (Wildman–Crippen LogP) is 0.737. The summed E-state index contributed by atoms with van der Waals surface area (Å²) in [5.41, 5.74) is -0.227. The van der Waals surface area contributed by atoms with Gasteiger partial charge in [-0.15, -0.1) is 0 Å². The van der Waals surface area contributed by atoms with Crippen LogP contribution in [-0.2, 0) is 9.47 Å². The molecule has 9 nitrogen and oxygen atoms in total. The summed E-state index contributed by atoms with van der Waals surface area (Å²) in [7, 11) is 1.35. The SMILES string of the molecule is COc1ncnc(N2CCCC3(C2)OCCO3)c1[N+](=O)[O-]. The smallest absolute Gasteiger partial charge is 0.372 e. The summed E-state index contributed by atoms with van der Waals surface area (Å²) in [6.07, 6.45) is 2.85. The van der Waals surface area contributed by atoms with E-state index < -0.39 is 10.7 Å². The number of aromatic nitrogens is 2. The maximum absolute atomic E-state index is 11.3. The van der Waals surface area contributed by atoms with Gasteiger partial charge in [0.1, 0.15) is 6.33 Å². The molecule has 1 aromatic heterocycles. The molecule has 3 heterocycles. The van der Waals surface area contributed by atoms with E-state index in [0.717, 1.165) is 12.8 Å². The largest absolute Gasteiger partial charge is 0.476 e. The molecular formula is C12H16N4O5. The van der Waals surface area contributed by atoms with Crippen LogP contribution in [0.25, 0.3) is 0 Å². The van der Waals surface area contributed by atoms with Crippen LogP contribution in [0.1, 0.15) is 12.8 Å². The van der Waals surface area contributed by atoms with Crippen molar-refractivity contribution in [3.63, 3.8) is 0 Å². The summed E-state index contributed by atoms with van der Waals surface area (Å²) >= 11 is 0. The Labute approximate surface area is 121 Å². The van der Waals surface area contributed by atoms with Crippen molar-refractivity contribution in [2.24, 2.45) is 0 Å². The third kappa shape index (κ3) is 2.49. The lowest BCUT2D eigenvalue weighted by molar-refractivity contribution is -0.385. The molecule has 0 unspecified atom stereocenters. The second-order valence-corrected chi connectivity index (χ2v) is 4.94. The highest BCUT2D eigenvalue weighted by molar-refractivity contribution is 5.63. The van der Waals surface area contributed by atoms with Crippen molar-refractivity contribution in [1.29, 1.82) is 0 Å². The van der Waals surface area contributed by atoms with E-state index in [2.05, 4.69) is 9.97 Å². The van der Waals surface area contributed by atoms with Crippen molar-refractivity contribution in [2.45, 2.75) is 18.6 Å². The predicted molar refractivity (Wildman–Crippen MR) is 71.3 cm³/mol. The van der Waals surface area contributed by atoms with Crippen LogP contribution >= 0.6 is 0 Å². The van der Waals surface area contributed by atoms with Crippen molar-refractivity contribution in [1.82, 2.24) is 9.97 Å². The van der Waals surface area contributed by atoms with Gasteiger partial charge in [0, 0.05) is 13.0 Å². The van der Waals surface area contributed by atoms with Gasteiger partial charge in [-0.2, -0.15) is 4.98 Å². The number of hydrogen-bond donors (Lipinski definition) is 0. The number of piperidine rings is 1. The normalized spacial score (nSPS) is 20.7. The van der Waals surface area contributed by atoms with Gasteiger partial charge >= 0.3 is 5.69 Å². The summed E-state index contributed by atoms with van der Waals surface area (Å²) in [6.45, 7) is 2.15. The Hall–Kier alpha value is -2.00. The van der Waals surface area contributed by atoms with E-state index in [0.29, 0.717) is 26.3 Å². The van der Waals surface area contributed by atoms with Gasteiger partial charge in [-0.3, -0.25) is 10.1 Å². The Balaban J connectivity index is 1.94. The van der Waals surface area contributed by atoms with E-state index in [-0.39, 0.29) is 17.4 Å². The highest BCUT2D eigenvalue weighted by Gasteiger charge is 2.43. The molecule has 1 spiro atoms. The number of nitro groups is 1. The molecule has 0 saturated carbocycles. The van der Waals surface area contributed by atoms with Crippen LogP contribution in [0, 0.1) is 10.1 Å². The monoisotopic (exact) mass is 296 g/mol. The Kier molecular flexibility index (Phi) is 3.60. The Bertz CT molecular complexity index is 546. The Morgan fingerprint density at radius 3 is 2.86 bits per heavy atom. The summed E-state index contributed by atoms with van der Waals surface area (Å²) in [5.74, 6) is -0.479. The third-order valence-electron chi connectivity index (χ3n) is 3.68. The average molecular weight is 296 g/mol. The first-order valence-electron chi connectivity index (χ1n) is 6.71. The molecule has 2 saturated heterocycles. The minimum atomic E-state index is -0.676. The Morgan fingerprint density at radius 1 is 1.43 bits per heavy atom. The van der Waals surface area contributed by atoms with Crippen LogP contribution in [0.3, 0.4) is 0 Å². The van der Waals surface area contributed by atoms with Crippen LogP contribution in [0.4, 0.5) is 11.5 Å². The van der Waals surface area contributed by atoms with Crippen LogP contribution in [0.15, 0.2) is 6.33 Å². The fourth-order valence-corrected chi connectivity index (χ4v) is 2.80. The average Bonchev–Trinajstić information content (AvgIpc) is 2.94. The van der Waals surface area contributed by atoms with E-state index in [1.165, 1.54) is 13.4 Å². The molecule has 0 aliphatic carbocycles. The highest BCUT2D eigenvalue weighted by atomic mass is 16.7. The molecule has 2 aliphatic heterocycles. The van der Waals surface area contributed by atoms with Crippen LogP contribution < -0.4 is 9.64 Å². The van der Waals surface area contributed by atoms with Crippen molar-refractivity contribution in [3.05, 3.63) is 16.4 Å². The lowest BCUT2D eigenvalue weighted by atomic mass is 10.0. The van der Waals surface area contributed by atoms with Gasteiger partial charge in [-0.25, -0.2) is 4.98 Å². The summed E-state index contributed by atoms with van der Waals surface area (Å²) in [5, 5.41) is 11.3.